The number of unbranched alkanes of at least 4 members (excludes halogenated alkanes) is 17. The molecule has 0 aliphatic rings. The van der Waals surface area contributed by atoms with Gasteiger partial charge in [-0.1, -0.05) is 134 Å². The van der Waals surface area contributed by atoms with E-state index < -0.39 is 13.9 Å². The lowest BCUT2D eigenvalue weighted by molar-refractivity contribution is -0.870. The lowest BCUT2D eigenvalue weighted by Gasteiger charge is -2.24. The summed E-state index contributed by atoms with van der Waals surface area (Å²) in [4.78, 5) is 22.7. The Hall–Kier alpha value is -1.02. The molecular weight excluding hydrogens is 613 g/mol. The minimum atomic E-state index is -4.26. The SMILES string of the molecule is CCC/C=C\C/C=C\CCCCCCCCOCC(COP(=O)(O)OCC[N+](C)(C)C)OC(=O)CCCCCCCCCCCCC. The van der Waals surface area contributed by atoms with Crippen LogP contribution in [0.1, 0.15) is 155 Å². The van der Waals surface area contributed by atoms with Crippen molar-refractivity contribution in [2.24, 2.45) is 0 Å². The van der Waals surface area contributed by atoms with Crippen LogP contribution in [0.4, 0.5) is 0 Å². The lowest BCUT2D eigenvalue weighted by Crippen LogP contribution is -2.37. The van der Waals surface area contributed by atoms with Crippen LogP contribution in [0.15, 0.2) is 24.3 Å². The third-order valence-electron chi connectivity index (χ3n) is 8.00. The second-order valence-electron chi connectivity index (χ2n) is 14.0. The van der Waals surface area contributed by atoms with E-state index in [1.807, 2.05) is 21.1 Å². The fourth-order valence-electron chi connectivity index (χ4n) is 5.00. The molecule has 9 heteroatoms. The van der Waals surface area contributed by atoms with E-state index in [9.17, 15) is 14.3 Å². The second-order valence-corrected chi connectivity index (χ2v) is 15.4. The molecule has 278 valence electrons. The predicted octanol–water partition coefficient (Wildman–Crippen LogP) is 10.5. The maximum atomic E-state index is 12.6. The van der Waals surface area contributed by atoms with Gasteiger partial charge in [0.15, 0.2) is 0 Å². The van der Waals surface area contributed by atoms with Gasteiger partial charge in [0.2, 0.25) is 0 Å². The van der Waals surface area contributed by atoms with E-state index >= 15 is 0 Å². The molecule has 0 saturated carbocycles. The molecule has 2 unspecified atom stereocenters. The van der Waals surface area contributed by atoms with Crippen molar-refractivity contribution in [1.82, 2.24) is 0 Å². The van der Waals surface area contributed by atoms with E-state index in [2.05, 4.69) is 38.2 Å². The number of phosphoric ester groups is 1. The number of carbonyl (C=O) groups is 1. The Kier molecular flexibility index (Phi) is 31.5. The molecule has 1 N–H and O–H groups in total. The fourth-order valence-corrected chi connectivity index (χ4v) is 5.74. The molecule has 0 aromatic carbocycles. The fraction of sp³-hybridized carbons (Fsp3) is 0.868. The molecule has 0 saturated heterocycles. The van der Waals surface area contributed by atoms with Crippen molar-refractivity contribution in [2.75, 3.05) is 54.1 Å². The Balaban J connectivity index is 4.31. The van der Waals surface area contributed by atoms with Crippen LogP contribution in [0.3, 0.4) is 0 Å². The van der Waals surface area contributed by atoms with Crippen LogP contribution in [0.5, 0.6) is 0 Å². The number of rotatable bonds is 35. The van der Waals surface area contributed by atoms with Gasteiger partial charge in [0.1, 0.15) is 19.3 Å². The number of phosphoric acid groups is 1. The molecule has 0 fully saturated rings. The van der Waals surface area contributed by atoms with Gasteiger partial charge < -0.3 is 18.9 Å². The molecule has 0 radical (unpaired) electrons. The zero-order chi connectivity index (χ0) is 34.9. The Morgan fingerprint density at radius 2 is 1.21 bits per heavy atom. The molecule has 0 bridgehead atoms. The third kappa shape index (κ3) is 36.1. The summed E-state index contributed by atoms with van der Waals surface area (Å²) in [6.07, 6.45) is 33.4. The van der Waals surface area contributed by atoms with Crippen molar-refractivity contribution in [3.63, 3.8) is 0 Å². The monoisotopic (exact) mass is 689 g/mol. The molecular formula is C38H75NO7P+. The molecule has 0 aromatic rings. The minimum Gasteiger partial charge on any atom is -0.457 e. The van der Waals surface area contributed by atoms with E-state index in [1.165, 1.54) is 89.9 Å². The summed E-state index contributed by atoms with van der Waals surface area (Å²) in [7, 11) is 1.66. The zero-order valence-electron chi connectivity index (χ0n) is 31.3. The predicted molar refractivity (Wildman–Crippen MR) is 197 cm³/mol. The Labute approximate surface area is 290 Å². The van der Waals surface area contributed by atoms with E-state index in [0.717, 1.165) is 44.9 Å². The van der Waals surface area contributed by atoms with Gasteiger partial charge in [0, 0.05) is 13.0 Å². The van der Waals surface area contributed by atoms with Crippen molar-refractivity contribution in [2.45, 2.75) is 161 Å². The smallest absolute Gasteiger partial charge is 0.457 e. The maximum Gasteiger partial charge on any atom is 0.472 e. The van der Waals surface area contributed by atoms with Gasteiger partial charge in [-0.3, -0.25) is 13.8 Å². The Bertz CT molecular complexity index is 812. The number of nitrogens with zero attached hydrogens (tertiary/aromatic N) is 1. The zero-order valence-corrected chi connectivity index (χ0v) is 32.2. The first-order valence-corrected chi connectivity index (χ1v) is 20.6. The van der Waals surface area contributed by atoms with Crippen LogP contribution in [-0.4, -0.2) is 75.6 Å². The number of ether oxygens (including phenoxy) is 2. The lowest BCUT2D eigenvalue weighted by atomic mass is 10.1. The Morgan fingerprint density at radius 3 is 1.81 bits per heavy atom. The molecule has 2 atom stereocenters. The highest BCUT2D eigenvalue weighted by Gasteiger charge is 2.26. The van der Waals surface area contributed by atoms with Crippen LogP contribution < -0.4 is 0 Å². The summed E-state index contributed by atoms with van der Waals surface area (Å²) in [5.74, 6) is -0.320. The van der Waals surface area contributed by atoms with Crippen molar-refractivity contribution in [3.05, 3.63) is 24.3 Å². The molecule has 0 rings (SSSR count). The highest BCUT2D eigenvalue weighted by atomic mass is 31.2. The highest BCUT2D eigenvalue weighted by molar-refractivity contribution is 7.47. The summed E-state index contributed by atoms with van der Waals surface area (Å²) in [5.41, 5.74) is 0. The Morgan fingerprint density at radius 1 is 0.660 bits per heavy atom. The first-order chi connectivity index (χ1) is 22.6. The van der Waals surface area contributed by atoms with E-state index in [1.54, 1.807) is 0 Å². The molecule has 47 heavy (non-hydrogen) atoms. The van der Waals surface area contributed by atoms with Crippen molar-refractivity contribution in [3.8, 4) is 0 Å². The quantitative estimate of drug-likeness (QED) is 0.0233. The first kappa shape index (κ1) is 46.0. The van der Waals surface area contributed by atoms with Gasteiger partial charge in [-0.25, -0.2) is 4.57 Å². The van der Waals surface area contributed by atoms with Crippen LogP contribution in [0.2, 0.25) is 0 Å². The topological polar surface area (TPSA) is 91.3 Å². The van der Waals surface area contributed by atoms with Gasteiger partial charge in [-0.05, 0) is 38.5 Å². The number of esters is 1. The number of hydrogen-bond donors (Lipinski definition) is 1. The number of allylic oxidation sites excluding steroid dienone is 4. The van der Waals surface area contributed by atoms with Crippen molar-refractivity contribution >= 4 is 13.8 Å². The van der Waals surface area contributed by atoms with E-state index in [-0.39, 0.29) is 25.8 Å². The molecule has 0 aliphatic heterocycles. The normalized spacial score (nSPS) is 14.3. The number of hydrogen-bond acceptors (Lipinski definition) is 6. The van der Waals surface area contributed by atoms with Gasteiger partial charge in [0.05, 0.1) is 34.4 Å². The molecule has 0 aromatic heterocycles. The second kappa shape index (κ2) is 32.2. The summed E-state index contributed by atoms with van der Waals surface area (Å²) in [5, 5.41) is 0. The maximum absolute atomic E-state index is 12.6. The molecule has 0 heterocycles. The average molecular weight is 689 g/mol. The van der Waals surface area contributed by atoms with Crippen LogP contribution in [-0.2, 0) is 27.9 Å². The van der Waals surface area contributed by atoms with E-state index in [0.29, 0.717) is 24.1 Å². The summed E-state index contributed by atoms with van der Waals surface area (Å²) < 4.78 is 34.8. The van der Waals surface area contributed by atoms with Crippen LogP contribution in [0.25, 0.3) is 0 Å². The van der Waals surface area contributed by atoms with Crippen molar-refractivity contribution < 1.29 is 37.3 Å². The van der Waals surface area contributed by atoms with Gasteiger partial charge in [0.25, 0.3) is 0 Å². The first-order valence-electron chi connectivity index (χ1n) is 19.1. The summed E-state index contributed by atoms with van der Waals surface area (Å²) in [6.45, 7) is 5.53. The average Bonchev–Trinajstić information content (AvgIpc) is 3.01. The molecule has 0 spiro atoms. The standard InChI is InChI=1S/C38H74NO7P/c1-6-8-10-12-14-16-18-19-20-22-24-26-28-30-33-43-35-37(36-45-47(41,42)44-34-32-39(3,4)5)46-38(40)31-29-27-25-23-21-17-15-13-11-9-7-2/h10,12,16,18,37H,6-9,11,13-15,17,19-36H2,1-5H3/p+1/b12-10-,18-16-. The summed E-state index contributed by atoms with van der Waals surface area (Å²) in [6, 6.07) is 0. The van der Waals surface area contributed by atoms with Gasteiger partial charge >= 0.3 is 13.8 Å². The third-order valence-corrected chi connectivity index (χ3v) is 8.98. The highest BCUT2D eigenvalue weighted by Crippen LogP contribution is 2.43. The number of likely N-dealkylation sites (N-methyl/N-ethyl adjacent to an activating group) is 1. The molecule has 0 aliphatic carbocycles. The number of carbonyl (C=O) groups excluding carboxylic acids is 1. The largest absolute Gasteiger partial charge is 0.472 e. The van der Waals surface area contributed by atoms with Crippen LogP contribution >= 0.6 is 7.82 Å². The summed E-state index contributed by atoms with van der Waals surface area (Å²) >= 11 is 0. The van der Waals surface area contributed by atoms with Crippen molar-refractivity contribution in [1.29, 1.82) is 0 Å². The van der Waals surface area contributed by atoms with Gasteiger partial charge in [-0.15, -0.1) is 0 Å². The molecule has 0 amide bonds. The van der Waals surface area contributed by atoms with Crippen LogP contribution in [0, 0.1) is 0 Å². The van der Waals surface area contributed by atoms with E-state index in [4.69, 9.17) is 18.5 Å². The minimum absolute atomic E-state index is 0.0878. The number of quaternary nitrogens is 1. The molecule has 8 nitrogen and oxygen atoms in total. The van der Waals surface area contributed by atoms with Gasteiger partial charge in [-0.2, -0.15) is 0 Å².